The van der Waals surface area contributed by atoms with Crippen LogP contribution in [0.4, 0.5) is 17.3 Å². The van der Waals surface area contributed by atoms with Gasteiger partial charge in [-0.1, -0.05) is 30.0 Å². The van der Waals surface area contributed by atoms with Crippen LogP contribution in [0.2, 0.25) is 0 Å². The molecule has 4 rings (SSSR count). The molecular weight excluding hydrogens is 290 g/mol. The van der Waals surface area contributed by atoms with Gasteiger partial charge in [-0.2, -0.15) is 0 Å². The summed E-state index contributed by atoms with van der Waals surface area (Å²) < 4.78 is 0. The maximum atomic E-state index is 4.68. The van der Waals surface area contributed by atoms with E-state index < -0.39 is 0 Å². The van der Waals surface area contributed by atoms with Crippen molar-refractivity contribution in [1.82, 2.24) is 9.97 Å². The van der Waals surface area contributed by atoms with Gasteiger partial charge in [-0.15, -0.1) is 0 Å². The molecule has 0 saturated heterocycles. The van der Waals surface area contributed by atoms with Crippen molar-refractivity contribution in [2.24, 2.45) is 0 Å². The van der Waals surface area contributed by atoms with Crippen molar-refractivity contribution < 1.29 is 0 Å². The highest BCUT2D eigenvalue weighted by molar-refractivity contribution is 7.99. The number of aryl methyl sites for hydroxylation is 2. The van der Waals surface area contributed by atoms with Crippen LogP contribution in [0.15, 0.2) is 64.6 Å². The molecule has 1 aliphatic rings. The van der Waals surface area contributed by atoms with Gasteiger partial charge in [0.1, 0.15) is 0 Å². The topological polar surface area (TPSA) is 29.0 Å². The number of hydrogen-bond acceptors (Lipinski definition) is 4. The van der Waals surface area contributed by atoms with Gasteiger partial charge in [-0.3, -0.25) is 4.90 Å². The Labute approximate surface area is 134 Å². The smallest absolute Gasteiger partial charge is 0.152 e. The van der Waals surface area contributed by atoms with Crippen LogP contribution in [0.5, 0.6) is 0 Å². The van der Waals surface area contributed by atoms with Crippen molar-refractivity contribution in [3.05, 3.63) is 66.0 Å². The quantitative estimate of drug-likeness (QED) is 0.493. The van der Waals surface area contributed by atoms with E-state index in [0.717, 1.165) is 22.2 Å². The number of fused-ring (bicyclic) bond motifs is 2. The van der Waals surface area contributed by atoms with Crippen LogP contribution in [-0.4, -0.2) is 9.97 Å². The molecule has 22 heavy (non-hydrogen) atoms. The number of benzene rings is 1. The van der Waals surface area contributed by atoms with Crippen LogP contribution in [0.3, 0.4) is 0 Å². The molecule has 0 unspecified atom stereocenters. The minimum absolute atomic E-state index is 0.950. The Morgan fingerprint density at radius 2 is 1.73 bits per heavy atom. The minimum Gasteiger partial charge on any atom is -0.277 e. The fraction of sp³-hybridized carbons (Fsp3) is 0.111. The lowest BCUT2D eigenvalue weighted by Crippen LogP contribution is -2.18. The molecule has 108 valence electrons. The third-order valence-corrected chi connectivity index (χ3v) is 4.78. The lowest BCUT2D eigenvalue weighted by molar-refractivity contribution is 1.02. The van der Waals surface area contributed by atoms with E-state index in [0.29, 0.717) is 0 Å². The number of aromatic nitrogens is 2. The molecule has 2 aromatic heterocycles. The van der Waals surface area contributed by atoms with Gasteiger partial charge in [-0.25, -0.2) is 9.97 Å². The second-order valence-corrected chi connectivity index (χ2v) is 6.47. The summed E-state index contributed by atoms with van der Waals surface area (Å²) in [6.07, 6.45) is 3.75. The molecule has 0 amide bonds. The lowest BCUT2D eigenvalue weighted by atomic mass is 10.1. The van der Waals surface area contributed by atoms with Crippen molar-refractivity contribution in [3.8, 4) is 0 Å². The van der Waals surface area contributed by atoms with Crippen molar-refractivity contribution in [2.75, 3.05) is 4.90 Å². The van der Waals surface area contributed by atoms with Gasteiger partial charge in [0.25, 0.3) is 0 Å². The summed E-state index contributed by atoms with van der Waals surface area (Å²) in [5.74, 6) is 1.90. The van der Waals surface area contributed by atoms with Gasteiger partial charge in [0.05, 0.1) is 15.5 Å². The Bertz CT molecular complexity index is 849. The standard InChI is InChI=1S/C18H15N3S/c1-12-10-16-18(20-11-12)21(14-7-4-3-6-13(14)2)17-15(22-16)8-5-9-19-17/h3-11H,1-2H3. The van der Waals surface area contributed by atoms with E-state index in [9.17, 15) is 0 Å². The number of rotatable bonds is 1. The summed E-state index contributed by atoms with van der Waals surface area (Å²) in [7, 11) is 0. The molecule has 0 fully saturated rings. The molecule has 0 bridgehead atoms. The summed E-state index contributed by atoms with van der Waals surface area (Å²) in [4.78, 5) is 13.8. The second kappa shape index (κ2) is 5.14. The number of anilines is 3. The summed E-state index contributed by atoms with van der Waals surface area (Å²) >= 11 is 1.73. The first-order valence-corrected chi connectivity index (χ1v) is 8.01. The monoisotopic (exact) mass is 305 g/mol. The first kappa shape index (κ1) is 13.3. The molecule has 1 aromatic carbocycles. The zero-order valence-corrected chi connectivity index (χ0v) is 13.3. The maximum absolute atomic E-state index is 4.68. The predicted octanol–water partition coefficient (Wildman–Crippen LogP) is 5.03. The van der Waals surface area contributed by atoms with Gasteiger partial charge in [0, 0.05) is 12.4 Å². The van der Waals surface area contributed by atoms with Crippen LogP contribution < -0.4 is 4.90 Å². The largest absolute Gasteiger partial charge is 0.277 e. The summed E-state index contributed by atoms with van der Waals surface area (Å²) in [5, 5.41) is 0. The average Bonchev–Trinajstić information content (AvgIpc) is 2.53. The molecule has 0 saturated carbocycles. The van der Waals surface area contributed by atoms with Gasteiger partial charge in [0.15, 0.2) is 11.6 Å². The molecule has 1 aliphatic heterocycles. The number of para-hydroxylation sites is 1. The summed E-state index contributed by atoms with van der Waals surface area (Å²) in [5.41, 5.74) is 3.50. The van der Waals surface area contributed by atoms with Crippen molar-refractivity contribution in [3.63, 3.8) is 0 Å². The molecule has 3 aromatic rings. The van der Waals surface area contributed by atoms with Gasteiger partial charge >= 0.3 is 0 Å². The zero-order chi connectivity index (χ0) is 15.1. The van der Waals surface area contributed by atoms with Gasteiger partial charge < -0.3 is 0 Å². The van der Waals surface area contributed by atoms with Crippen molar-refractivity contribution in [2.45, 2.75) is 23.6 Å². The number of nitrogens with zero attached hydrogens (tertiary/aromatic N) is 3. The van der Waals surface area contributed by atoms with E-state index in [1.807, 2.05) is 18.5 Å². The summed E-state index contributed by atoms with van der Waals surface area (Å²) in [6, 6.07) is 14.6. The Hall–Kier alpha value is -2.33. The Morgan fingerprint density at radius 1 is 0.909 bits per heavy atom. The van der Waals surface area contributed by atoms with E-state index in [-0.39, 0.29) is 0 Å². The molecule has 3 heterocycles. The molecule has 4 heteroatoms. The number of pyridine rings is 2. The fourth-order valence-corrected chi connectivity index (χ4v) is 3.77. The SMILES string of the molecule is Cc1cnc2c(c1)Sc1cccnc1N2c1ccccc1C. The zero-order valence-electron chi connectivity index (χ0n) is 12.4. The third-order valence-electron chi connectivity index (χ3n) is 3.72. The fourth-order valence-electron chi connectivity index (χ4n) is 2.67. The van der Waals surface area contributed by atoms with E-state index in [1.165, 1.54) is 16.0 Å². The van der Waals surface area contributed by atoms with Gasteiger partial charge in [0.2, 0.25) is 0 Å². The number of hydrogen-bond donors (Lipinski definition) is 0. The van der Waals surface area contributed by atoms with E-state index in [4.69, 9.17) is 0 Å². The Kier molecular flexibility index (Phi) is 3.12. The average molecular weight is 305 g/mol. The van der Waals surface area contributed by atoms with Crippen LogP contribution in [-0.2, 0) is 0 Å². The highest BCUT2D eigenvalue weighted by Gasteiger charge is 2.27. The lowest BCUT2D eigenvalue weighted by Gasteiger charge is -2.31. The minimum atomic E-state index is 0.950. The Morgan fingerprint density at radius 3 is 2.59 bits per heavy atom. The second-order valence-electron chi connectivity index (χ2n) is 5.38. The van der Waals surface area contributed by atoms with E-state index >= 15 is 0 Å². The molecule has 3 nitrogen and oxygen atoms in total. The molecule has 0 aliphatic carbocycles. The van der Waals surface area contributed by atoms with Crippen LogP contribution in [0.25, 0.3) is 0 Å². The van der Waals surface area contributed by atoms with Crippen molar-refractivity contribution in [1.29, 1.82) is 0 Å². The first-order valence-electron chi connectivity index (χ1n) is 7.19. The van der Waals surface area contributed by atoms with Crippen LogP contribution >= 0.6 is 11.8 Å². The molecule has 0 atom stereocenters. The Balaban J connectivity index is 2.00. The van der Waals surface area contributed by atoms with E-state index in [1.54, 1.807) is 11.8 Å². The van der Waals surface area contributed by atoms with Crippen LogP contribution in [0, 0.1) is 13.8 Å². The van der Waals surface area contributed by atoms with Crippen LogP contribution in [0.1, 0.15) is 11.1 Å². The normalized spacial score (nSPS) is 12.7. The maximum Gasteiger partial charge on any atom is 0.152 e. The highest BCUT2D eigenvalue weighted by Crippen LogP contribution is 2.49. The summed E-state index contributed by atoms with van der Waals surface area (Å²) in [6.45, 7) is 4.19. The predicted molar refractivity (Wildman–Crippen MR) is 90.3 cm³/mol. The van der Waals surface area contributed by atoms with Gasteiger partial charge in [-0.05, 0) is 49.2 Å². The third kappa shape index (κ3) is 2.07. The van der Waals surface area contributed by atoms with Crippen molar-refractivity contribution >= 4 is 29.1 Å². The first-order chi connectivity index (χ1) is 10.7. The van der Waals surface area contributed by atoms with E-state index in [2.05, 4.69) is 65.1 Å². The molecular formula is C18H15N3S. The molecule has 0 spiro atoms. The highest BCUT2D eigenvalue weighted by atomic mass is 32.2. The molecule has 0 N–H and O–H groups in total. The molecule has 0 radical (unpaired) electrons.